The van der Waals surface area contributed by atoms with E-state index in [2.05, 4.69) is 21.6 Å². The van der Waals surface area contributed by atoms with Gasteiger partial charge in [0.05, 0.1) is 6.07 Å². The monoisotopic (exact) mass is 283 g/mol. The molecule has 106 valence electrons. The molecule has 0 saturated carbocycles. The van der Waals surface area contributed by atoms with E-state index in [4.69, 9.17) is 5.26 Å². The van der Waals surface area contributed by atoms with Gasteiger partial charge in [-0.3, -0.25) is 4.57 Å². The molecular weight excluding hydrogens is 262 g/mol. The second-order valence-corrected chi connectivity index (χ2v) is 6.20. The lowest BCUT2D eigenvalue weighted by atomic mass is 9.98. The largest absolute Gasteiger partial charge is 0.343 e. The van der Waals surface area contributed by atoms with Crippen LogP contribution in [0.15, 0.2) is 9.95 Å². The zero-order valence-corrected chi connectivity index (χ0v) is 12.7. The molecule has 0 aliphatic rings. The van der Waals surface area contributed by atoms with Crippen molar-refractivity contribution in [1.29, 1.82) is 5.26 Å². The number of aromatic nitrogens is 3. The number of rotatable bonds is 7. The fourth-order valence-corrected chi connectivity index (χ4v) is 2.99. The van der Waals surface area contributed by atoms with Gasteiger partial charge in [0, 0.05) is 11.8 Å². The van der Waals surface area contributed by atoms with E-state index < -0.39 is 5.54 Å². The molecule has 2 N–H and O–H groups in total. The highest BCUT2D eigenvalue weighted by atomic mass is 32.2. The molecule has 1 rings (SSSR count). The van der Waals surface area contributed by atoms with Crippen LogP contribution in [0.2, 0.25) is 0 Å². The van der Waals surface area contributed by atoms with Gasteiger partial charge in [0.2, 0.25) is 0 Å². The Hall–Kier alpha value is -1.26. The lowest BCUT2D eigenvalue weighted by Crippen LogP contribution is -2.40. The Morgan fingerprint density at radius 2 is 2.37 bits per heavy atom. The van der Waals surface area contributed by atoms with Gasteiger partial charge in [-0.15, -0.1) is 5.10 Å². The average Bonchev–Trinajstić information content (AvgIpc) is 2.71. The molecule has 19 heavy (non-hydrogen) atoms. The highest BCUT2D eigenvalue weighted by molar-refractivity contribution is 7.99. The molecule has 0 spiro atoms. The summed E-state index contributed by atoms with van der Waals surface area (Å²) in [6, 6.07) is 2.27. The Labute approximate surface area is 117 Å². The van der Waals surface area contributed by atoms with Crippen molar-refractivity contribution < 1.29 is 0 Å². The van der Waals surface area contributed by atoms with Crippen molar-refractivity contribution in [1.82, 2.24) is 20.1 Å². The summed E-state index contributed by atoms with van der Waals surface area (Å²) in [5, 5.41) is 19.6. The van der Waals surface area contributed by atoms with Gasteiger partial charge in [0.15, 0.2) is 5.16 Å². The van der Waals surface area contributed by atoms with E-state index in [1.54, 1.807) is 11.6 Å². The van der Waals surface area contributed by atoms with Crippen molar-refractivity contribution in [3.63, 3.8) is 0 Å². The molecule has 2 atom stereocenters. The molecule has 7 heteroatoms. The number of aromatic amines is 1. The minimum Gasteiger partial charge on any atom is -0.303 e. The second-order valence-electron chi connectivity index (χ2n) is 4.79. The van der Waals surface area contributed by atoms with Gasteiger partial charge in [-0.05, 0) is 26.8 Å². The molecule has 0 bridgehead atoms. The van der Waals surface area contributed by atoms with E-state index in [-0.39, 0.29) is 10.9 Å². The summed E-state index contributed by atoms with van der Waals surface area (Å²) in [5.74, 6) is 0. The van der Waals surface area contributed by atoms with Crippen molar-refractivity contribution in [2.45, 2.75) is 56.1 Å². The first kappa shape index (κ1) is 15.8. The third-order valence-corrected chi connectivity index (χ3v) is 4.06. The van der Waals surface area contributed by atoms with Gasteiger partial charge < -0.3 is 5.32 Å². The van der Waals surface area contributed by atoms with E-state index in [0.29, 0.717) is 18.1 Å². The molecule has 1 heterocycles. The van der Waals surface area contributed by atoms with Crippen LogP contribution in [-0.4, -0.2) is 32.6 Å². The number of nitriles is 1. The predicted octanol–water partition coefficient (Wildman–Crippen LogP) is 1.35. The molecule has 2 unspecified atom stereocenters. The summed E-state index contributed by atoms with van der Waals surface area (Å²) in [6.07, 6.45) is 1.56. The van der Waals surface area contributed by atoms with Crippen LogP contribution in [0.25, 0.3) is 0 Å². The van der Waals surface area contributed by atoms with E-state index in [9.17, 15) is 4.79 Å². The SMILES string of the molecule is CCCn1c(SC(C)CC(C)(C#N)NC)n[nH]c1=O. The minimum absolute atomic E-state index is 0.173. The quantitative estimate of drug-likeness (QED) is 0.738. The van der Waals surface area contributed by atoms with Crippen LogP contribution in [-0.2, 0) is 6.54 Å². The predicted molar refractivity (Wildman–Crippen MR) is 76.2 cm³/mol. The van der Waals surface area contributed by atoms with Crippen LogP contribution in [0.1, 0.15) is 33.6 Å². The van der Waals surface area contributed by atoms with Crippen LogP contribution in [0.3, 0.4) is 0 Å². The normalized spacial score (nSPS) is 15.7. The molecule has 0 aliphatic heterocycles. The molecular formula is C12H21N5OS. The third-order valence-electron chi connectivity index (χ3n) is 2.97. The number of H-pyrrole nitrogens is 1. The van der Waals surface area contributed by atoms with Crippen LogP contribution in [0.5, 0.6) is 0 Å². The zero-order valence-electron chi connectivity index (χ0n) is 11.9. The minimum atomic E-state index is -0.557. The number of nitrogens with one attached hydrogen (secondary N) is 2. The lowest BCUT2D eigenvalue weighted by molar-refractivity contribution is 0.454. The maximum Gasteiger partial charge on any atom is 0.343 e. The molecule has 1 aromatic heterocycles. The molecule has 1 aromatic rings. The summed E-state index contributed by atoms with van der Waals surface area (Å²) in [5.41, 5.74) is -0.730. The standard InChI is InChI=1S/C12H21N5OS/c1-5-6-17-10(18)15-16-11(17)19-9(2)7-12(3,8-13)14-4/h9,14H,5-7H2,1-4H3,(H,15,18). The second kappa shape index (κ2) is 6.78. The first-order valence-corrected chi connectivity index (χ1v) is 7.25. The fraction of sp³-hybridized carbons (Fsp3) is 0.750. The van der Waals surface area contributed by atoms with Gasteiger partial charge in [-0.25, -0.2) is 9.89 Å². The molecule has 0 aliphatic carbocycles. The van der Waals surface area contributed by atoms with E-state index in [0.717, 1.165) is 6.42 Å². The third kappa shape index (κ3) is 4.11. The Kier molecular flexibility index (Phi) is 5.63. The van der Waals surface area contributed by atoms with Crippen molar-refractivity contribution in [2.24, 2.45) is 0 Å². The number of hydrogen-bond donors (Lipinski definition) is 2. The summed E-state index contributed by atoms with van der Waals surface area (Å²) in [6.45, 7) is 6.58. The zero-order chi connectivity index (χ0) is 14.5. The molecule has 0 fully saturated rings. The Balaban J connectivity index is 2.75. The van der Waals surface area contributed by atoms with Crippen molar-refractivity contribution in [3.8, 4) is 6.07 Å². The lowest BCUT2D eigenvalue weighted by Gasteiger charge is -2.24. The van der Waals surface area contributed by atoms with Crippen LogP contribution in [0, 0.1) is 11.3 Å². The van der Waals surface area contributed by atoms with Crippen LogP contribution < -0.4 is 11.0 Å². The van der Waals surface area contributed by atoms with Gasteiger partial charge in [0.25, 0.3) is 0 Å². The van der Waals surface area contributed by atoms with E-state index in [1.807, 2.05) is 20.8 Å². The van der Waals surface area contributed by atoms with Crippen LogP contribution in [0.4, 0.5) is 0 Å². The van der Waals surface area contributed by atoms with Gasteiger partial charge in [-0.1, -0.05) is 25.6 Å². The van der Waals surface area contributed by atoms with Gasteiger partial charge in [-0.2, -0.15) is 5.26 Å². The Bertz CT molecular complexity index is 503. The first-order valence-electron chi connectivity index (χ1n) is 6.37. The van der Waals surface area contributed by atoms with Crippen molar-refractivity contribution >= 4 is 11.8 Å². The number of nitrogens with zero attached hydrogens (tertiary/aromatic N) is 3. The summed E-state index contributed by atoms with van der Waals surface area (Å²) < 4.78 is 1.64. The van der Waals surface area contributed by atoms with E-state index >= 15 is 0 Å². The number of thioether (sulfide) groups is 1. The van der Waals surface area contributed by atoms with Crippen molar-refractivity contribution in [3.05, 3.63) is 10.5 Å². The van der Waals surface area contributed by atoms with Gasteiger partial charge in [0.1, 0.15) is 5.54 Å². The maximum atomic E-state index is 11.6. The fourth-order valence-electron chi connectivity index (χ4n) is 1.81. The first-order chi connectivity index (χ1) is 8.95. The van der Waals surface area contributed by atoms with Gasteiger partial charge >= 0.3 is 5.69 Å². The topological polar surface area (TPSA) is 86.5 Å². The van der Waals surface area contributed by atoms with E-state index in [1.165, 1.54) is 11.8 Å². The average molecular weight is 283 g/mol. The molecule has 0 saturated heterocycles. The Morgan fingerprint density at radius 1 is 1.68 bits per heavy atom. The van der Waals surface area contributed by atoms with Crippen LogP contribution >= 0.6 is 11.8 Å². The number of hydrogen-bond acceptors (Lipinski definition) is 5. The highest BCUT2D eigenvalue weighted by Gasteiger charge is 2.25. The van der Waals surface area contributed by atoms with Crippen molar-refractivity contribution in [2.75, 3.05) is 7.05 Å². The highest BCUT2D eigenvalue weighted by Crippen LogP contribution is 2.26. The summed E-state index contributed by atoms with van der Waals surface area (Å²) in [4.78, 5) is 11.6. The molecule has 0 aromatic carbocycles. The Morgan fingerprint density at radius 3 is 2.89 bits per heavy atom. The summed E-state index contributed by atoms with van der Waals surface area (Å²) >= 11 is 1.52. The molecule has 0 amide bonds. The summed E-state index contributed by atoms with van der Waals surface area (Å²) in [7, 11) is 1.78. The molecule has 0 radical (unpaired) electrons. The molecule has 6 nitrogen and oxygen atoms in total. The maximum absolute atomic E-state index is 11.6. The smallest absolute Gasteiger partial charge is 0.303 e.